The molecule has 102 valence electrons. The third-order valence-corrected chi connectivity index (χ3v) is 4.34. The second kappa shape index (κ2) is 6.30. The number of carbonyl (C=O) groups excluding carboxylic acids is 1. The van der Waals surface area contributed by atoms with Crippen LogP contribution in [0.15, 0.2) is 76.0 Å². The molecule has 0 N–H and O–H groups in total. The highest BCUT2D eigenvalue weighted by molar-refractivity contribution is 7.93. The topological polar surface area (TPSA) is 46.5 Å². The molecule has 0 aliphatic carbocycles. The van der Waals surface area contributed by atoms with E-state index in [0.29, 0.717) is 4.90 Å². The monoisotopic (exact) mass is 285 g/mol. The van der Waals surface area contributed by atoms with Crippen LogP contribution >= 0.6 is 0 Å². The molecule has 2 aromatic carbocycles. The van der Waals surface area contributed by atoms with Crippen molar-refractivity contribution in [2.45, 2.75) is 4.90 Å². The third kappa shape index (κ3) is 3.90. The number of hydrogen-bond donors (Lipinski definition) is 0. The van der Waals surface area contributed by atoms with Gasteiger partial charge in [0, 0.05) is 17.2 Å². The van der Waals surface area contributed by atoms with Crippen molar-refractivity contribution in [3.05, 3.63) is 72.3 Å². The Labute approximate surface area is 119 Å². The summed E-state index contributed by atoms with van der Waals surface area (Å²) >= 11 is 0. The van der Waals surface area contributed by atoms with Crippen molar-refractivity contribution in [1.29, 1.82) is 0 Å². The average molecular weight is 285 g/mol. The fraction of sp³-hybridized carbons (Fsp3) is 0.0625. The smallest absolute Gasteiger partial charge is 0.267 e. The molecule has 2 aromatic rings. The van der Waals surface area contributed by atoms with Crippen LogP contribution in [0.1, 0.15) is 5.56 Å². The molecular weight excluding hydrogens is 270 g/mol. The minimum Gasteiger partial charge on any atom is -0.267 e. The summed E-state index contributed by atoms with van der Waals surface area (Å²) in [5, 5.41) is 0. The molecule has 1 amide bonds. The van der Waals surface area contributed by atoms with Gasteiger partial charge in [0.25, 0.3) is 5.91 Å². The zero-order valence-electron chi connectivity index (χ0n) is 11.1. The molecule has 0 aliphatic rings. The van der Waals surface area contributed by atoms with Crippen molar-refractivity contribution in [3.8, 4) is 0 Å². The van der Waals surface area contributed by atoms with Crippen molar-refractivity contribution >= 4 is 21.7 Å². The predicted octanol–water partition coefficient (Wildman–Crippen LogP) is 3.38. The zero-order chi connectivity index (χ0) is 14.4. The Morgan fingerprint density at radius 2 is 1.55 bits per heavy atom. The van der Waals surface area contributed by atoms with Crippen LogP contribution in [0.25, 0.3) is 6.08 Å². The number of nitrogens with zero attached hydrogens (tertiary/aromatic N) is 1. The highest BCUT2D eigenvalue weighted by Crippen LogP contribution is 2.11. The van der Waals surface area contributed by atoms with E-state index in [0.717, 1.165) is 5.56 Å². The first-order chi connectivity index (χ1) is 9.58. The van der Waals surface area contributed by atoms with E-state index in [1.165, 1.54) is 12.3 Å². The van der Waals surface area contributed by atoms with Gasteiger partial charge >= 0.3 is 0 Å². The summed E-state index contributed by atoms with van der Waals surface area (Å²) < 4.78 is 16.2. The molecule has 0 heterocycles. The molecule has 4 heteroatoms. The standard InChI is InChI=1S/C16H15NO2S/c1-20(19,15-10-6-3-7-11-15)17-16(18)13-12-14-8-4-2-5-9-14/h2-13H,1H3/b13-12+. The lowest BCUT2D eigenvalue weighted by molar-refractivity contribution is -0.113. The van der Waals surface area contributed by atoms with Gasteiger partial charge in [-0.15, -0.1) is 0 Å². The van der Waals surface area contributed by atoms with E-state index in [4.69, 9.17) is 0 Å². The fourth-order valence-electron chi connectivity index (χ4n) is 1.66. The van der Waals surface area contributed by atoms with Crippen molar-refractivity contribution in [3.63, 3.8) is 0 Å². The first kappa shape index (κ1) is 14.2. The summed E-state index contributed by atoms with van der Waals surface area (Å²) in [6.45, 7) is 0. The van der Waals surface area contributed by atoms with E-state index in [2.05, 4.69) is 4.36 Å². The average Bonchev–Trinajstić information content (AvgIpc) is 2.47. The molecule has 1 atom stereocenters. The van der Waals surface area contributed by atoms with Gasteiger partial charge in [0.05, 0.1) is 9.73 Å². The Hall–Kier alpha value is -2.20. The van der Waals surface area contributed by atoms with Crippen molar-refractivity contribution < 1.29 is 9.00 Å². The summed E-state index contributed by atoms with van der Waals surface area (Å²) in [6, 6.07) is 18.2. The van der Waals surface area contributed by atoms with Crippen LogP contribution < -0.4 is 0 Å². The summed E-state index contributed by atoms with van der Waals surface area (Å²) in [5.74, 6) is -0.495. The zero-order valence-corrected chi connectivity index (χ0v) is 11.9. The molecule has 1 unspecified atom stereocenters. The highest BCUT2D eigenvalue weighted by Gasteiger charge is 2.06. The molecule has 2 rings (SSSR count). The second-order valence-corrected chi connectivity index (χ2v) is 6.55. The van der Waals surface area contributed by atoms with Crippen LogP contribution in [0.2, 0.25) is 0 Å². The number of benzene rings is 2. The Morgan fingerprint density at radius 1 is 1.00 bits per heavy atom. The van der Waals surface area contributed by atoms with Gasteiger partial charge < -0.3 is 0 Å². The maximum absolute atomic E-state index is 12.4. The van der Waals surface area contributed by atoms with E-state index in [-0.39, 0.29) is 0 Å². The minimum atomic E-state index is -2.69. The summed E-state index contributed by atoms with van der Waals surface area (Å²) in [7, 11) is -2.69. The van der Waals surface area contributed by atoms with Crippen LogP contribution in [-0.2, 0) is 14.5 Å². The molecular formula is C16H15NO2S. The number of amides is 1. The molecule has 0 aromatic heterocycles. The van der Waals surface area contributed by atoms with E-state index < -0.39 is 15.6 Å². The molecule has 0 fully saturated rings. The Balaban J connectivity index is 2.21. The van der Waals surface area contributed by atoms with Gasteiger partial charge in [-0.25, -0.2) is 4.21 Å². The molecule has 0 spiro atoms. The lowest BCUT2D eigenvalue weighted by atomic mass is 10.2. The normalized spacial score (nSPS) is 13.8. The molecule has 0 saturated carbocycles. The van der Waals surface area contributed by atoms with Crippen molar-refractivity contribution in [2.75, 3.05) is 6.26 Å². The summed E-state index contributed by atoms with van der Waals surface area (Å²) in [6.07, 6.45) is 4.46. The van der Waals surface area contributed by atoms with Gasteiger partial charge in [0.15, 0.2) is 0 Å². The molecule has 0 saturated heterocycles. The van der Waals surface area contributed by atoms with Crippen LogP contribution in [0.3, 0.4) is 0 Å². The van der Waals surface area contributed by atoms with E-state index in [1.54, 1.807) is 30.3 Å². The van der Waals surface area contributed by atoms with Gasteiger partial charge in [0.2, 0.25) is 0 Å². The third-order valence-electron chi connectivity index (χ3n) is 2.66. The number of rotatable bonds is 3. The molecule has 0 aliphatic heterocycles. The Morgan fingerprint density at radius 3 is 2.15 bits per heavy atom. The van der Waals surface area contributed by atoms with Gasteiger partial charge in [-0.3, -0.25) is 4.79 Å². The molecule has 0 bridgehead atoms. The lowest BCUT2D eigenvalue weighted by Crippen LogP contribution is -2.01. The Kier molecular flexibility index (Phi) is 4.48. The quantitative estimate of drug-likeness (QED) is 0.812. The maximum Gasteiger partial charge on any atom is 0.278 e. The maximum atomic E-state index is 12.4. The largest absolute Gasteiger partial charge is 0.278 e. The van der Waals surface area contributed by atoms with E-state index in [9.17, 15) is 9.00 Å². The molecule has 0 radical (unpaired) electrons. The summed E-state index contributed by atoms with van der Waals surface area (Å²) in [5.41, 5.74) is 0.901. The molecule has 3 nitrogen and oxygen atoms in total. The van der Waals surface area contributed by atoms with E-state index >= 15 is 0 Å². The summed E-state index contributed by atoms with van der Waals surface area (Å²) in [4.78, 5) is 12.3. The van der Waals surface area contributed by atoms with Crippen LogP contribution in [0, 0.1) is 0 Å². The van der Waals surface area contributed by atoms with Crippen LogP contribution in [0.5, 0.6) is 0 Å². The van der Waals surface area contributed by atoms with Crippen molar-refractivity contribution in [1.82, 2.24) is 0 Å². The SMILES string of the molecule is CS(=O)(=NC(=O)/C=C/c1ccccc1)c1ccccc1. The van der Waals surface area contributed by atoms with Gasteiger partial charge in [-0.2, -0.15) is 4.36 Å². The molecule has 20 heavy (non-hydrogen) atoms. The number of hydrogen-bond acceptors (Lipinski definition) is 2. The Bertz CT molecular complexity index is 728. The predicted molar refractivity (Wildman–Crippen MR) is 81.7 cm³/mol. The first-order valence-corrected chi connectivity index (χ1v) is 8.04. The minimum absolute atomic E-state index is 0.495. The van der Waals surface area contributed by atoms with Crippen LogP contribution in [-0.4, -0.2) is 16.4 Å². The van der Waals surface area contributed by atoms with Gasteiger partial charge in [-0.05, 0) is 23.8 Å². The first-order valence-electron chi connectivity index (χ1n) is 6.12. The van der Waals surface area contributed by atoms with Gasteiger partial charge in [0.1, 0.15) is 0 Å². The van der Waals surface area contributed by atoms with Crippen LogP contribution in [0.4, 0.5) is 0 Å². The lowest BCUT2D eigenvalue weighted by Gasteiger charge is -2.01. The van der Waals surface area contributed by atoms with E-state index in [1.807, 2.05) is 36.4 Å². The fourth-order valence-corrected chi connectivity index (χ4v) is 2.83. The highest BCUT2D eigenvalue weighted by atomic mass is 32.2. The van der Waals surface area contributed by atoms with Gasteiger partial charge in [-0.1, -0.05) is 48.5 Å². The second-order valence-electron chi connectivity index (χ2n) is 4.29. The number of carbonyl (C=O) groups is 1. The van der Waals surface area contributed by atoms with Crippen molar-refractivity contribution in [2.24, 2.45) is 4.36 Å².